The highest BCUT2D eigenvalue weighted by molar-refractivity contribution is 5.97. The maximum absolute atomic E-state index is 12.5. The summed E-state index contributed by atoms with van der Waals surface area (Å²) in [7, 11) is 0. The van der Waals surface area contributed by atoms with Gasteiger partial charge in [0.05, 0.1) is 5.41 Å². The van der Waals surface area contributed by atoms with Crippen LogP contribution in [0.2, 0.25) is 0 Å². The first-order chi connectivity index (χ1) is 10.1. The lowest BCUT2D eigenvalue weighted by Gasteiger charge is -2.32. The molecule has 2 aliphatic rings. The summed E-state index contributed by atoms with van der Waals surface area (Å²) in [5.41, 5.74) is 2.40. The van der Waals surface area contributed by atoms with Crippen molar-refractivity contribution in [1.82, 2.24) is 5.32 Å². The number of amides is 2. The zero-order valence-electron chi connectivity index (χ0n) is 12.3. The summed E-state index contributed by atoms with van der Waals surface area (Å²) >= 11 is 0. The summed E-state index contributed by atoms with van der Waals surface area (Å²) in [4.78, 5) is 23.8. The molecule has 3 N–H and O–H groups in total. The Morgan fingerprint density at radius 2 is 2.19 bits per heavy atom. The van der Waals surface area contributed by atoms with Crippen LogP contribution in [0.15, 0.2) is 18.2 Å². The van der Waals surface area contributed by atoms with Gasteiger partial charge in [-0.15, -0.1) is 0 Å². The van der Waals surface area contributed by atoms with Gasteiger partial charge in [-0.05, 0) is 56.5 Å². The summed E-state index contributed by atoms with van der Waals surface area (Å²) in [5.74, 6) is 0.120. The summed E-state index contributed by atoms with van der Waals surface area (Å²) in [5, 5.41) is 9.16. The number of carbonyl (C=O) groups is 2. The van der Waals surface area contributed by atoms with E-state index in [1.54, 1.807) is 0 Å². The third kappa shape index (κ3) is 2.93. The summed E-state index contributed by atoms with van der Waals surface area (Å²) in [6, 6.07) is 5.68. The molecule has 3 rings (SSSR count). The predicted octanol–water partition coefficient (Wildman–Crippen LogP) is 1.90. The van der Waals surface area contributed by atoms with E-state index < -0.39 is 0 Å². The molecule has 0 aliphatic carbocycles. The molecule has 5 nitrogen and oxygen atoms in total. The minimum Gasteiger partial charge on any atom is -0.326 e. The molecule has 2 heterocycles. The van der Waals surface area contributed by atoms with Crippen LogP contribution < -0.4 is 16.0 Å². The molecule has 1 unspecified atom stereocenters. The van der Waals surface area contributed by atoms with E-state index in [1.807, 2.05) is 25.1 Å². The van der Waals surface area contributed by atoms with Crippen LogP contribution in [0.4, 0.5) is 11.4 Å². The minimum atomic E-state index is -0.345. The van der Waals surface area contributed by atoms with Gasteiger partial charge in [0, 0.05) is 24.3 Å². The maximum Gasteiger partial charge on any atom is 0.231 e. The van der Waals surface area contributed by atoms with Crippen molar-refractivity contribution in [2.75, 3.05) is 23.7 Å². The number of hydrogen-bond acceptors (Lipinski definition) is 3. The topological polar surface area (TPSA) is 70.2 Å². The van der Waals surface area contributed by atoms with Gasteiger partial charge < -0.3 is 16.0 Å². The summed E-state index contributed by atoms with van der Waals surface area (Å²) in [6.07, 6.45) is 3.17. The smallest absolute Gasteiger partial charge is 0.231 e. The van der Waals surface area contributed by atoms with Crippen molar-refractivity contribution in [3.8, 4) is 0 Å². The molecule has 1 saturated heterocycles. The van der Waals surface area contributed by atoms with Crippen LogP contribution in [0.25, 0.3) is 0 Å². The van der Waals surface area contributed by atoms with Crippen LogP contribution in [0.1, 0.15) is 31.7 Å². The average molecular weight is 287 g/mol. The summed E-state index contributed by atoms with van der Waals surface area (Å²) < 4.78 is 0. The number of benzene rings is 1. The lowest BCUT2D eigenvalue weighted by atomic mass is 9.82. The zero-order chi connectivity index (χ0) is 14.9. The molecule has 0 radical (unpaired) electrons. The number of nitrogens with one attached hydrogen (secondary N) is 3. The molecule has 1 aromatic carbocycles. The second-order valence-electron chi connectivity index (χ2n) is 6.22. The van der Waals surface area contributed by atoms with Crippen molar-refractivity contribution < 1.29 is 9.59 Å². The molecule has 21 heavy (non-hydrogen) atoms. The van der Waals surface area contributed by atoms with Crippen molar-refractivity contribution in [2.24, 2.45) is 5.41 Å². The molecule has 1 atom stereocenters. The lowest BCUT2D eigenvalue weighted by molar-refractivity contribution is -0.125. The molecule has 2 aliphatic heterocycles. The highest BCUT2D eigenvalue weighted by Crippen LogP contribution is 2.29. The SMILES string of the molecule is CC1(C(=O)Nc2ccc3c(c2)CCC(=O)N3)CCCNC1. The van der Waals surface area contributed by atoms with E-state index in [-0.39, 0.29) is 17.2 Å². The Hall–Kier alpha value is -1.88. The standard InChI is InChI=1S/C16H21N3O2/c1-16(7-2-8-17-10-16)15(21)18-12-4-5-13-11(9-12)3-6-14(20)19-13/h4-5,9,17H,2-3,6-8,10H2,1H3,(H,18,21)(H,19,20). The first kappa shape index (κ1) is 14.1. The maximum atomic E-state index is 12.5. The third-order valence-corrected chi connectivity index (χ3v) is 4.40. The molecule has 5 heteroatoms. The summed E-state index contributed by atoms with van der Waals surface area (Å²) in [6.45, 7) is 3.72. The van der Waals surface area contributed by atoms with Crippen LogP contribution >= 0.6 is 0 Å². The van der Waals surface area contributed by atoms with Crippen LogP contribution in [-0.4, -0.2) is 24.9 Å². The number of aryl methyl sites for hydroxylation is 1. The third-order valence-electron chi connectivity index (χ3n) is 4.40. The number of rotatable bonds is 2. The largest absolute Gasteiger partial charge is 0.326 e. The van der Waals surface area contributed by atoms with Gasteiger partial charge in [0.1, 0.15) is 0 Å². The molecular formula is C16H21N3O2. The van der Waals surface area contributed by atoms with Gasteiger partial charge in [-0.25, -0.2) is 0 Å². The Bertz CT molecular complexity index is 577. The monoisotopic (exact) mass is 287 g/mol. The first-order valence-corrected chi connectivity index (χ1v) is 7.52. The van der Waals surface area contributed by atoms with Gasteiger partial charge in [0.25, 0.3) is 0 Å². The molecule has 2 amide bonds. The van der Waals surface area contributed by atoms with E-state index in [1.165, 1.54) is 0 Å². The Morgan fingerprint density at radius 3 is 2.95 bits per heavy atom. The lowest BCUT2D eigenvalue weighted by Crippen LogP contribution is -2.46. The predicted molar refractivity (Wildman–Crippen MR) is 82.2 cm³/mol. The fourth-order valence-electron chi connectivity index (χ4n) is 2.99. The average Bonchev–Trinajstić information content (AvgIpc) is 2.48. The first-order valence-electron chi connectivity index (χ1n) is 7.52. The van der Waals surface area contributed by atoms with Crippen LogP contribution in [-0.2, 0) is 16.0 Å². The molecular weight excluding hydrogens is 266 g/mol. The molecule has 112 valence electrons. The minimum absolute atomic E-state index is 0.0556. The van der Waals surface area contributed by atoms with Gasteiger partial charge >= 0.3 is 0 Å². The van der Waals surface area contributed by atoms with Gasteiger partial charge in [0.2, 0.25) is 11.8 Å². The zero-order valence-corrected chi connectivity index (χ0v) is 12.3. The molecule has 0 spiro atoms. The van der Waals surface area contributed by atoms with E-state index in [2.05, 4.69) is 16.0 Å². The van der Waals surface area contributed by atoms with E-state index in [4.69, 9.17) is 0 Å². The number of anilines is 2. The fourth-order valence-corrected chi connectivity index (χ4v) is 2.99. The van der Waals surface area contributed by atoms with Crippen molar-refractivity contribution >= 4 is 23.2 Å². The van der Waals surface area contributed by atoms with E-state index in [0.717, 1.165) is 49.3 Å². The number of hydrogen-bond donors (Lipinski definition) is 3. The van der Waals surface area contributed by atoms with Crippen molar-refractivity contribution in [3.63, 3.8) is 0 Å². The van der Waals surface area contributed by atoms with Gasteiger partial charge in [-0.1, -0.05) is 0 Å². The molecule has 1 fully saturated rings. The second-order valence-corrected chi connectivity index (χ2v) is 6.22. The number of carbonyl (C=O) groups excluding carboxylic acids is 2. The molecule has 1 aromatic rings. The van der Waals surface area contributed by atoms with Crippen molar-refractivity contribution in [1.29, 1.82) is 0 Å². The van der Waals surface area contributed by atoms with Crippen LogP contribution in [0, 0.1) is 5.41 Å². The Kier molecular flexibility index (Phi) is 3.68. The van der Waals surface area contributed by atoms with E-state index in [9.17, 15) is 9.59 Å². The Balaban J connectivity index is 1.73. The van der Waals surface area contributed by atoms with E-state index in [0.29, 0.717) is 6.42 Å². The molecule has 0 saturated carbocycles. The highest BCUT2D eigenvalue weighted by Gasteiger charge is 2.34. The van der Waals surface area contributed by atoms with Crippen LogP contribution in [0.3, 0.4) is 0 Å². The quantitative estimate of drug-likeness (QED) is 0.778. The van der Waals surface area contributed by atoms with Crippen molar-refractivity contribution in [3.05, 3.63) is 23.8 Å². The second kappa shape index (κ2) is 5.48. The molecule has 0 bridgehead atoms. The highest BCUT2D eigenvalue weighted by atomic mass is 16.2. The van der Waals surface area contributed by atoms with Crippen LogP contribution in [0.5, 0.6) is 0 Å². The van der Waals surface area contributed by atoms with E-state index >= 15 is 0 Å². The van der Waals surface area contributed by atoms with Gasteiger partial charge in [0.15, 0.2) is 0 Å². The number of fused-ring (bicyclic) bond motifs is 1. The van der Waals surface area contributed by atoms with Gasteiger partial charge in [-0.3, -0.25) is 9.59 Å². The normalized spacial score (nSPS) is 24.9. The fraction of sp³-hybridized carbons (Fsp3) is 0.500. The molecule has 0 aromatic heterocycles. The Morgan fingerprint density at radius 1 is 1.33 bits per heavy atom. The van der Waals surface area contributed by atoms with Crippen molar-refractivity contribution in [2.45, 2.75) is 32.6 Å². The number of piperidine rings is 1. The van der Waals surface area contributed by atoms with Gasteiger partial charge in [-0.2, -0.15) is 0 Å². The Labute approximate surface area is 124 Å².